The summed E-state index contributed by atoms with van der Waals surface area (Å²) in [6.45, 7) is 2.68. The number of rotatable bonds is 0. The van der Waals surface area contributed by atoms with E-state index in [1.54, 1.807) is 0 Å². The molecule has 0 unspecified atom stereocenters. The second kappa shape index (κ2) is 2.23. The van der Waals surface area contributed by atoms with E-state index in [2.05, 4.69) is 11.9 Å². The van der Waals surface area contributed by atoms with Crippen molar-refractivity contribution in [3.8, 4) is 0 Å². The van der Waals surface area contributed by atoms with Gasteiger partial charge >= 0.3 is 0 Å². The van der Waals surface area contributed by atoms with Crippen LogP contribution in [-0.2, 0) is 0 Å². The van der Waals surface area contributed by atoms with Gasteiger partial charge < -0.3 is 4.90 Å². The molecule has 0 amide bonds. The SMILES string of the molecule is CN1CCCC2(CC1)CC2. The van der Waals surface area contributed by atoms with Crippen molar-refractivity contribution in [3.63, 3.8) is 0 Å². The van der Waals surface area contributed by atoms with Gasteiger partial charge in [0.15, 0.2) is 0 Å². The summed E-state index contributed by atoms with van der Waals surface area (Å²) in [7, 11) is 2.25. The lowest BCUT2D eigenvalue weighted by molar-refractivity contribution is 0.338. The minimum Gasteiger partial charge on any atom is -0.306 e. The standard InChI is InChI=1S/C9H17N/c1-10-7-2-3-9(4-5-9)6-8-10/h2-8H2,1H3. The first-order valence-electron chi connectivity index (χ1n) is 4.49. The van der Waals surface area contributed by atoms with Crippen LogP contribution in [0.5, 0.6) is 0 Å². The van der Waals surface area contributed by atoms with Crippen LogP contribution in [-0.4, -0.2) is 25.0 Å². The van der Waals surface area contributed by atoms with Crippen LogP contribution in [0.25, 0.3) is 0 Å². The Kier molecular flexibility index (Phi) is 1.48. The van der Waals surface area contributed by atoms with E-state index < -0.39 is 0 Å². The first-order valence-corrected chi connectivity index (χ1v) is 4.49. The molecule has 2 fully saturated rings. The van der Waals surface area contributed by atoms with Crippen molar-refractivity contribution in [2.75, 3.05) is 20.1 Å². The third kappa shape index (κ3) is 1.20. The van der Waals surface area contributed by atoms with E-state index in [1.807, 2.05) is 0 Å². The van der Waals surface area contributed by atoms with Crippen LogP contribution in [0.4, 0.5) is 0 Å². The highest BCUT2D eigenvalue weighted by Crippen LogP contribution is 2.53. The highest BCUT2D eigenvalue weighted by atomic mass is 15.1. The summed E-state index contributed by atoms with van der Waals surface area (Å²) in [5, 5.41) is 0. The fourth-order valence-corrected chi connectivity index (χ4v) is 2.07. The summed E-state index contributed by atoms with van der Waals surface area (Å²) in [5.74, 6) is 0. The molecule has 58 valence electrons. The smallest absolute Gasteiger partial charge is 0.00165 e. The maximum Gasteiger partial charge on any atom is -0.00165 e. The van der Waals surface area contributed by atoms with Crippen LogP contribution in [0.2, 0.25) is 0 Å². The molecule has 1 nitrogen and oxygen atoms in total. The highest BCUT2D eigenvalue weighted by Gasteiger charge is 2.42. The number of hydrogen-bond donors (Lipinski definition) is 0. The Morgan fingerprint density at radius 1 is 1.00 bits per heavy atom. The number of nitrogens with zero attached hydrogens (tertiary/aromatic N) is 1. The largest absolute Gasteiger partial charge is 0.306 e. The molecule has 0 atom stereocenters. The molecule has 1 aliphatic carbocycles. The van der Waals surface area contributed by atoms with Crippen molar-refractivity contribution in [1.82, 2.24) is 4.90 Å². The zero-order chi connectivity index (χ0) is 7.03. The zero-order valence-electron chi connectivity index (χ0n) is 6.90. The van der Waals surface area contributed by atoms with Crippen LogP contribution < -0.4 is 0 Å². The second-order valence-corrected chi connectivity index (χ2v) is 4.16. The molecule has 0 aromatic heterocycles. The predicted octanol–water partition coefficient (Wildman–Crippen LogP) is 1.88. The van der Waals surface area contributed by atoms with Gasteiger partial charge in [0.1, 0.15) is 0 Å². The molecule has 0 radical (unpaired) electrons. The molecule has 2 aliphatic rings. The third-order valence-electron chi connectivity index (χ3n) is 3.23. The fourth-order valence-electron chi connectivity index (χ4n) is 2.07. The lowest BCUT2D eigenvalue weighted by Crippen LogP contribution is -2.18. The van der Waals surface area contributed by atoms with E-state index in [0.29, 0.717) is 0 Å². The molecule has 1 saturated carbocycles. The molecule has 1 aliphatic heterocycles. The van der Waals surface area contributed by atoms with Gasteiger partial charge in [-0.05, 0) is 57.7 Å². The molecule has 0 aromatic rings. The van der Waals surface area contributed by atoms with Gasteiger partial charge in [-0.25, -0.2) is 0 Å². The molecule has 0 N–H and O–H groups in total. The van der Waals surface area contributed by atoms with Crippen molar-refractivity contribution in [2.45, 2.75) is 32.1 Å². The molecule has 2 rings (SSSR count). The first kappa shape index (κ1) is 6.66. The summed E-state index contributed by atoms with van der Waals surface area (Å²) < 4.78 is 0. The van der Waals surface area contributed by atoms with Crippen LogP contribution in [0.1, 0.15) is 32.1 Å². The molecule has 1 heterocycles. The Labute approximate surface area is 63.4 Å². The maximum absolute atomic E-state index is 2.48. The topological polar surface area (TPSA) is 3.24 Å². The molecular weight excluding hydrogens is 122 g/mol. The summed E-state index contributed by atoms with van der Waals surface area (Å²) >= 11 is 0. The van der Waals surface area contributed by atoms with Gasteiger partial charge in [-0.15, -0.1) is 0 Å². The van der Waals surface area contributed by atoms with E-state index in [9.17, 15) is 0 Å². The molecule has 0 aromatic carbocycles. The quantitative estimate of drug-likeness (QED) is 0.495. The van der Waals surface area contributed by atoms with Gasteiger partial charge in [0, 0.05) is 0 Å². The number of hydrogen-bond acceptors (Lipinski definition) is 1. The van der Waals surface area contributed by atoms with Gasteiger partial charge in [0.2, 0.25) is 0 Å². The van der Waals surface area contributed by atoms with Crippen molar-refractivity contribution in [3.05, 3.63) is 0 Å². The summed E-state index contributed by atoms with van der Waals surface area (Å²) in [6.07, 6.45) is 7.49. The third-order valence-corrected chi connectivity index (χ3v) is 3.23. The Hall–Kier alpha value is -0.0400. The van der Waals surface area contributed by atoms with Crippen LogP contribution in [0.15, 0.2) is 0 Å². The normalized spacial score (nSPS) is 32.1. The van der Waals surface area contributed by atoms with E-state index in [0.717, 1.165) is 5.41 Å². The summed E-state index contributed by atoms with van der Waals surface area (Å²) in [6, 6.07) is 0. The van der Waals surface area contributed by atoms with E-state index in [1.165, 1.54) is 45.2 Å². The minimum atomic E-state index is 0.852. The molecular formula is C9H17N. The monoisotopic (exact) mass is 139 g/mol. The molecule has 1 saturated heterocycles. The number of likely N-dealkylation sites (tertiary alicyclic amines) is 1. The average Bonchev–Trinajstić information content (AvgIpc) is 2.67. The molecule has 0 bridgehead atoms. The Morgan fingerprint density at radius 2 is 1.80 bits per heavy atom. The predicted molar refractivity (Wildman–Crippen MR) is 43.0 cm³/mol. The van der Waals surface area contributed by atoms with Crippen LogP contribution in [0, 0.1) is 5.41 Å². The van der Waals surface area contributed by atoms with Crippen LogP contribution >= 0.6 is 0 Å². The maximum atomic E-state index is 2.48. The Morgan fingerprint density at radius 3 is 2.50 bits per heavy atom. The van der Waals surface area contributed by atoms with Crippen molar-refractivity contribution >= 4 is 0 Å². The van der Waals surface area contributed by atoms with Crippen molar-refractivity contribution in [2.24, 2.45) is 5.41 Å². The van der Waals surface area contributed by atoms with Crippen molar-refractivity contribution < 1.29 is 0 Å². The van der Waals surface area contributed by atoms with Gasteiger partial charge in [0.05, 0.1) is 0 Å². The molecule has 1 heteroatoms. The van der Waals surface area contributed by atoms with Gasteiger partial charge in [-0.3, -0.25) is 0 Å². The fraction of sp³-hybridized carbons (Fsp3) is 1.00. The minimum absolute atomic E-state index is 0.852. The lowest BCUT2D eigenvalue weighted by atomic mass is 9.98. The Balaban J connectivity index is 1.92. The van der Waals surface area contributed by atoms with E-state index in [4.69, 9.17) is 0 Å². The zero-order valence-corrected chi connectivity index (χ0v) is 6.90. The molecule has 1 spiro atoms. The van der Waals surface area contributed by atoms with Crippen molar-refractivity contribution in [1.29, 1.82) is 0 Å². The first-order chi connectivity index (χ1) is 4.81. The second-order valence-electron chi connectivity index (χ2n) is 4.16. The van der Waals surface area contributed by atoms with E-state index in [-0.39, 0.29) is 0 Å². The van der Waals surface area contributed by atoms with Gasteiger partial charge in [0.25, 0.3) is 0 Å². The summed E-state index contributed by atoms with van der Waals surface area (Å²) in [4.78, 5) is 2.48. The Bertz CT molecular complexity index is 127. The highest BCUT2D eigenvalue weighted by molar-refractivity contribution is 4.94. The molecule has 10 heavy (non-hydrogen) atoms. The van der Waals surface area contributed by atoms with E-state index >= 15 is 0 Å². The van der Waals surface area contributed by atoms with Gasteiger partial charge in [-0.2, -0.15) is 0 Å². The average molecular weight is 139 g/mol. The van der Waals surface area contributed by atoms with Gasteiger partial charge in [-0.1, -0.05) is 0 Å². The lowest BCUT2D eigenvalue weighted by Gasteiger charge is -2.12. The summed E-state index contributed by atoms with van der Waals surface area (Å²) in [5.41, 5.74) is 0.852. The van der Waals surface area contributed by atoms with Crippen LogP contribution in [0.3, 0.4) is 0 Å².